The Balaban J connectivity index is 2.75. The van der Waals surface area contributed by atoms with Gasteiger partial charge < -0.3 is 9.05 Å². The van der Waals surface area contributed by atoms with Crippen LogP contribution in [0.25, 0.3) is 0 Å². The number of hydrogen-bond donors (Lipinski definition) is 0. The Bertz CT molecular complexity index is 355. The molecular weight excluding hydrogens is 259 g/mol. The highest BCUT2D eigenvalue weighted by molar-refractivity contribution is 8.67. The minimum absolute atomic E-state index is 0.593. The molecule has 2 nitrogen and oxygen atoms in total. The van der Waals surface area contributed by atoms with Crippen molar-refractivity contribution in [2.24, 2.45) is 0 Å². The van der Waals surface area contributed by atoms with Crippen molar-refractivity contribution in [3.8, 4) is 0 Å². The molecule has 0 spiro atoms. The third kappa shape index (κ3) is 4.56. The van der Waals surface area contributed by atoms with Gasteiger partial charge in [0.1, 0.15) is 0 Å². The van der Waals surface area contributed by atoms with E-state index in [2.05, 4.69) is 31.2 Å². The molecule has 0 amide bonds. The van der Waals surface area contributed by atoms with Gasteiger partial charge in [0, 0.05) is 4.90 Å². The molecule has 0 fully saturated rings. The molecule has 1 aromatic rings. The molecule has 0 aliphatic carbocycles. The molecule has 16 heavy (non-hydrogen) atoms. The van der Waals surface area contributed by atoms with Gasteiger partial charge in [0.15, 0.2) is 0 Å². The Kier molecular flexibility index (Phi) is 6.01. The van der Waals surface area contributed by atoms with Gasteiger partial charge in [0.25, 0.3) is 5.69 Å². The SMILES string of the molecule is CCOP(=S)(OCC)Sc1ccc(C)cc1. The molecule has 0 saturated carbocycles. The minimum atomic E-state index is -2.21. The lowest BCUT2D eigenvalue weighted by atomic mass is 10.2. The zero-order valence-corrected chi connectivity index (χ0v) is 12.3. The lowest BCUT2D eigenvalue weighted by Gasteiger charge is -2.19. The monoisotopic (exact) mass is 276 g/mol. The predicted molar refractivity (Wildman–Crippen MR) is 74.6 cm³/mol. The fourth-order valence-corrected chi connectivity index (χ4v) is 5.96. The molecule has 0 saturated heterocycles. The van der Waals surface area contributed by atoms with E-state index in [0.717, 1.165) is 4.90 Å². The van der Waals surface area contributed by atoms with E-state index in [1.807, 2.05) is 13.8 Å². The van der Waals surface area contributed by atoms with Crippen molar-refractivity contribution in [2.45, 2.75) is 25.7 Å². The average Bonchev–Trinajstić information content (AvgIpc) is 2.22. The number of benzene rings is 1. The molecule has 0 aromatic heterocycles. The van der Waals surface area contributed by atoms with Crippen LogP contribution in [0, 0.1) is 6.92 Å². The molecule has 0 unspecified atom stereocenters. The molecule has 0 heterocycles. The molecule has 0 aliphatic heterocycles. The van der Waals surface area contributed by atoms with Crippen LogP contribution in [0.5, 0.6) is 0 Å². The summed E-state index contributed by atoms with van der Waals surface area (Å²) in [7, 11) is 0. The van der Waals surface area contributed by atoms with Crippen molar-refractivity contribution in [3.63, 3.8) is 0 Å². The first-order valence-electron chi connectivity index (χ1n) is 5.25. The van der Waals surface area contributed by atoms with Gasteiger partial charge >= 0.3 is 0 Å². The van der Waals surface area contributed by atoms with Crippen LogP contribution in [-0.2, 0) is 20.9 Å². The van der Waals surface area contributed by atoms with Crippen LogP contribution in [-0.4, -0.2) is 13.2 Å². The van der Waals surface area contributed by atoms with Gasteiger partial charge in [-0.25, -0.2) is 0 Å². The number of hydrogen-bond acceptors (Lipinski definition) is 4. The Morgan fingerprint density at radius 1 is 1.12 bits per heavy atom. The molecule has 90 valence electrons. The summed E-state index contributed by atoms with van der Waals surface area (Å²) in [5.74, 6) is 0. The highest BCUT2D eigenvalue weighted by Crippen LogP contribution is 2.63. The second-order valence-corrected chi connectivity index (χ2v) is 9.38. The molecule has 1 aromatic carbocycles. The summed E-state index contributed by atoms with van der Waals surface area (Å²) in [6, 6.07) is 8.25. The zero-order valence-electron chi connectivity index (χ0n) is 9.80. The van der Waals surface area contributed by atoms with Crippen molar-refractivity contribution < 1.29 is 9.05 Å². The summed E-state index contributed by atoms with van der Waals surface area (Å²) >= 11 is 6.98. The first kappa shape index (κ1) is 14.2. The topological polar surface area (TPSA) is 18.5 Å². The average molecular weight is 276 g/mol. The molecule has 1 rings (SSSR count). The summed E-state index contributed by atoms with van der Waals surface area (Å²) in [5.41, 5.74) is -0.965. The molecule has 0 bridgehead atoms. The van der Waals surface area contributed by atoms with E-state index in [1.165, 1.54) is 16.9 Å². The quantitative estimate of drug-likeness (QED) is 0.717. The summed E-state index contributed by atoms with van der Waals surface area (Å²) in [4.78, 5) is 1.11. The van der Waals surface area contributed by atoms with Crippen LogP contribution >= 0.6 is 17.1 Å². The van der Waals surface area contributed by atoms with Crippen LogP contribution in [0.2, 0.25) is 0 Å². The first-order valence-corrected chi connectivity index (χ1v) is 9.31. The molecule has 0 aliphatic rings. The lowest BCUT2D eigenvalue weighted by molar-refractivity contribution is 0.280. The first-order chi connectivity index (χ1) is 7.59. The van der Waals surface area contributed by atoms with Gasteiger partial charge in [-0.2, -0.15) is 0 Å². The van der Waals surface area contributed by atoms with Gasteiger partial charge in [0.05, 0.1) is 13.2 Å². The standard InChI is InChI=1S/C11H17O2PS2/c1-4-12-14(15,13-5-2)16-11-8-6-10(3)7-9-11/h6-9H,4-5H2,1-3H3. The normalized spacial score (nSPS) is 11.7. The van der Waals surface area contributed by atoms with E-state index < -0.39 is 5.69 Å². The Labute approximate surface area is 107 Å². The van der Waals surface area contributed by atoms with E-state index in [4.69, 9.17) is 20.9 Å². The Hall–Kier alpha value is 0.140. The Morgan fingerprint density at radius 3 is 2.06 bits per heavy atom. The van der Waals surface area contributed by atoms with Crippen molar-refractivity contribution in [3.05, 3.63) is 29.8 Å². The van der Waals surface area contributed by atoms with Gasteiger partial charge in [-0.3, -0.25) is 0 Å². The molecule has 5 heteroatoms. The van der Waals surface area contributed by atoms with Crippen LogP contribution in [0.15, 0.2) is 29.2 Å². The second-order valence-electron chi connectivity index (χ2n) is 3.19. The third-order valence-corrected chi connectivity index (χ3v) is 6.91. The number of rotatable bonds is 6. The van der Waals surface area contributed by atoms with Crippen molar-refractivity contribution in [1.29, 1.82) is 0 Å². The fourth-order valence-electron chi connectivity index (χ4n) is 1.13. The largest absolute Gasteiger partial charge is 0.322 e. The van der Waals surface area contributed by atoms with Crippen molar-refractivity contribution in [2.75, 3.05) is 13.2 Å². The number of aryl methyl sites for hydroxylation is 1. The fraction of sp³-hybridized carbons (Fsp3) is 0.455. The smallest absolute Gasteiger partial charge is 0.252 e. The van der Waals surface area contributed by atoms with E-state index >= 15 is 0 Å². The van der Waals surface area contributed by atoms with Crippen LogP contribution in [0.4, 0.5) is 0 Å². The maximum absolute atomic E-state index is 5.57. The van der Waals surface area contributed by atoms with E-state index in [1.54, 1.807) is 0 Å². The summed E-state index contributed by atoms with van der Waals surface area (Å²) in [6.07, 6.45) is 0. The minimum Gasteiger partial charge on any atom is -0.322 e. The van der Waals surface area contributed by atoms with Gasteiger partial charge in [-0.05, 0) is 56.1 Å². The van der Waals surface area contributed by atoms with E-state index in [-0.39, 0.29) is 0 Å². The summed E-state index contributed by atoms with van der Waals surface area (Å²) < 4.78 is 11.1. The molecule has 0 radical (unpaired) electrons. The van der Waals surface area contributed by atoms with Crippen LogP contribution < -0.4 is 0 Å². The summed E-state index contributed by atoms with van der Waals surface area (Å²) in [6.45, 7) is 7.13. The van der Waals surface area contributed by atoms with E-state index in [9.17, 15) is 0 Å². The third-order valence-electron chi connectivity index (χ3n) is 1.81. The highest BCUT2D eigenvalue weighted by atomic mass is 32.9. The van der Waals surface area contributed by atoms with Gasteiger partial charge in [-0.15, -0.1) is 0 Å². The Morgan fingerprint density at radius 2 is 1.62 bits per heavy atom. The molecule has 0 N–H and O–H groups in total. The molecular formula is C11H17O2PS2. The lowest BCUT2D eigenvalue weighted by Crippen LogP contribution is -1.91. The van der Waals surface area contributed by atoms with Crippen molar-refractivity contribution in [1.82, 2.24) is 0 Å². The van der Waals surface area contributed by atoms with Gasteiger partial charge in [-0.1, -0.05) is 17.7 Å². The maximum Gasteiger partial charge on any atom is 0.252 e. The van der Waals surface area contributed by atoms with Crippen LogP contribution in [0.1, 0.15) is 19.4 Å². The maximum atomic E-state index is 5.57. The van der Waals surface area contributed by atoms with E-state index in [0.29, 0.717) is 13.2 Å². The second kappa shape index (κ2) is 6.77. The summed E-state index contributed by atoms with van der Waals surface area (Å²) in [5, 5.41) is 0. The van der Waals surface area contributed by atoms with Gasteiger partial charge in [0.2, 0.25) is 0 Å². The zero-order chi connectivity index (χ0) is 12.0. The van der Waals surface area contributed by atoms with Crippen LogP contribution in [0.3, 0.4) is 0 Å². The predicted octanol–water partition coefficient (Wildman–Crippen LogP) is 4.38. The molecule has 0 atom stereocenters. The van der Waals surface area contributed by atoms with Crippen molar-refractivity contribution >= 4 is 28.9 Å². The highest BCUT2D eigenvalue weighted by Gasteiger charge is 2.19.